The van der Waals surface area contributed by atoms with Gasteiger partial charge in [0, 0.05) is 12.0 Å². The van der Waals surface area contributed by atoms with Gasteiger partial charge in [0.2, 0.25) is 5.91 Å². The van der Waals surface area contributed by atoms with Crippen molar-refractivity contribution in [3.05, 3.63) is 12.7 Å². The molecule has 0 radical (unpaired) electrons. The maximum Gasteiger partial charge on any atom is 0.326 e. The van der Waals surface area contributed by atoms with E-state index in [9.17, 15) is 9.59 Å². The van der Waals surface area contributed by atoms with Crippen molar-refractivity contribution in [2.24, 2.45) is 0 Å². The van der Waals surface area contributed by atoms with Crippen molar-refractivity contribution >= 4 is 11.9 Å². The molecule has 0 aromatic carbocycles. The lowest BCUT2D eigenvalue weighted by Crippen LogP contribution is -2.50. The lowest BCUT2D eigenvalue weighted by atomic mass is 9.79. The van der Waals surface area contributed by atoms with E-state index < -0.39 is 12.0 Å². The van der Waals surface area contributed by atoms with E-state index >= 15 is 0 Å². The summed E-state index contributed by atoms with van der Waals surface area (Å²) in [6, 6.07) is -0.873. The van der Waals surface area contributed by atoms with Crippen LogP contribution in [0.1, 0.15) is 44.9 Å². The first-order valence-corrected chi connectivity index (χ1v) is 6.85. The van der Waals surface area contributed by atoms with Crippen LogP contribution in [0.5, 0.6) is 0 Å². The summed E-state index contributed by atoms with van der Waals surface area (Å²) in [6.45, 7) is 3.51. The van der Waals surface area contributed by atoms with Gasteiger partial charge in [-0.15, -0.1) is 6.58 Å². The first kappa shape index (κ1) is 15.7. The van der Waals surface area contributed by atoms with Gasteiger partial charge in [-0.05, 0) is 26.3 Å². The lowest BCUT2D eigenvalue weighted by Gasteiger charge is -2.36. The second kappa shape index (κ2) is 7.28. The Labute approximate surface area is 114 Å². The first-order chi connectivity index (χ1) is 9.03. The molecule has 1 unspecified atom stereocenters. The SMILES string of the molecule is C=CCC(NC(=O)CC1(NC)CCCCC1)C(=O)O. The topological polar surface area (TPSA) is 78.4 Å². The van der Waals surface area contributed by atoms with Gasteiger partial charge in [-0.2, -0.15) is 0 Å². The number of carbonyl (C=O) groups is 2. The van der Waals surface area contributed by atoms with E-state index in [4.69, 9.17) is 5.11 Å². The Morgan fingerprint density at radius 2 is 2.00 bits per heavy atom. The maximum atomic E-state index is 12.0. The van der Waals surface area contributed by atoms with Crippen LogP contribution in [0.3, 0.4) is 0 Å². The van der Waals surface area contributed by atoms with Crippen molar-refractivity contribution in [2.45, 2.75) is 56.5 Å². The quantitative estimate of drug-likeness (QED) is 0.611. The third-order valence-electron chi connectivity index (χ3n) is 3.88. The summed E-state index contributed by atoms with van der Waals surface area (Å²) in [6.07, 6.45) is 7.46. The zero-order valence-corrected chi connectivity index (χ0v) is 11.6. The van der Waals surface area contributed by atoms with Crippen LogP contribution >= 0.6 is 0 Å². The number of hydrogen-bond acceptors (Lipinski definition) is 3. The third kappa shape index (κ3) is 4.67. The highest BCUT2D eigenvalue weighted by Crippen LogP contribution is 2.30. The number of carbonyl (C=O) groups excluding carboxylic acids is 1. The Kier molecular flexibility index (Phi) is 6.02. The second-order valence-electron chi connectivity index (χ2n) is 5.25. The van der Waals surface area contributed by atoms with Gasteiger partial charge in [0.15, 0.2) is 0 Å². The van der Waals surface area contributed by atoms with Crippen molar-refractivity contribution in [3.8, 4) is 0 Å². The van der Waals surface area contributed by atoms with Gasteiger partial charge in [-0.25, -0.2) is 4.79 Å². The summed E-state index contributed by atoms with van der Waals surface area (Å²) < 4.78 is 0. The Balaban J connectivity index is 2.56. The third-order valence-corrected chi connectivity index (χ3v) is 3.88. The van der Waals surface area contributed by atoms with Crippen molar-refractivity contribution in [2.75, 3.05) is 7.05 Å². The minimum Gasteiger partial charge on any atom is -0.480 e. The van der Waals surface area contributed by atoms with E-state index in [2.05, 4.69) is 17.2 Å². The summed E-state index contributed by atoms with van der Waals surface area (Å²) in [4.78, 5) is 23.0. The molecule has 1 saturated carbocycles. The molecule has 0 saturated heterocycles. The van der Waals surface area contributed by atoms with Crippen LogP contribution in [0.2, 0.25) is 0 Å². The van der Waals surface area contributed by atoms with E-state index in [-0.39, 0.29) is 17.9 Å². The van der Waals surface area contributed by atoms with Crippen molar-refractivity contribution < 1.29 is 14.7 Å². The molecule has 0 bridgehead atoms. The maximum absolute atomic E-state index is 12.0. The molecule has 5 nitrogen and oxygen atoms in total. The summed E-state index contributed by atoms with van der Waals surface area (Å²) in [5.41, 5.74) is -0.167. The Bertz CT molecular complexity index is 336. The first-order valence-electron chi connectivity index (χ1n) is 6.85. The number of carboxylic acids is 1. The summed E-state index contributed by atoms with van der Waals surface area (Å²) in [5, 5.41) is 14.8. The molecule has 108 valence electrons. The van der Waals surface area contributed by atoms with E-state index in [0.29, 0.717) is 6.42 Å². The molecule has 0 aromatic rings. The number of rotatable bonds is 7. The monoisotopic (exact) mass is 268 g/mol. The zero-order chi connectivity index (χ0) is 14.3. The molecule has 1 rings (SSSR count). The van der Waals surface area contributed by atoms with Crippen LogP contribution in [0.4, 0.5) is 0 Å². The Morgan fingerprint density at radius 1 is 1.37 bits per heavy atom. The Morgan fingerprint density at radius 3 is 2.47 bits per heavy atom. The van der Waals surface area contributed by atoms with Gasteiger partial charge < -0.3 is 15.7 Å². The van der Waals surface area contributed by atoms with Crippen LogP contribution in [0, 0.1) is 0 Å². The highest BCUT2D eigenvalue weighted by atomic mass is 16.4. The number of carboxylic acid groups (broad SMARTS) is 1. The van der Waals surface area contributed by atoms with Crippen molar-refractivity contribution in [1.82, 2.24) is 10.6 Å². The number of nitrogens with one attached hydrogen (secondary N) is 2. The Hall–Kier alpha value is -1.36. The van der Waals surface area contributed by atoms with Crippen LogP contribution in [0.25, 0.3) is 0 Å². The lowest BCUT2D eigenvalue weighted by molar-refractivity contribution is -0.142. The molecule has 1 fully saturated rings. The van der Waals surface area contributed by atoms with E-state index in [0.717, 1.165) is 25.7 Å². The van der Waals surface area contributed by atoms with Gasteiger partial charge >= 0.3 is 5.97 Å². The minimum absolute atomic E-state index is 0.167. The molecular formula is C14H24N2O3. The van der Waals surface area contributed by atoms with E-state index in [1.54, 1.807) is 0 Å². The predicted octanol–water partition coefficient (Wildman–Crippen LogP) is 1.44. The molecule has 5 heteroatoms. The van der Waals surface area contributed by atoms with E-state index in [1.807, 2.05) is 7.05 Å². The fraction of sp³-hybridized carbons (Fsp3) is 0.714. The normalized spacial score (nSPS) is 19.4. The van der Waals surface area contributed by atoms with Gasteiger partial charge in [-0.1, -0.05) is 25.3 Å². The fourth-order valence-electron chi connectivity index (χ4n) is 2.68. The average molecular weight is 268 g/mol. The number of amides is 1. The van der Waals surface area contributed by atoms with Gasteiger partial charge in [0.1, 0.15) is 6.04 Å². The number of aliphatic carboxylic acids is 1. The fourth-order valence-corrected chi connectivity index (χ4v) is 2.68. The minimum atomic E-state index is -1.02. The largest absolute Gasteiger partial charge is 0.480 e. The van der Waals surface area contributed by atoms with Crippen LogP contribution in [0.15, 0.2) is 12.7 Å². The number of hydrogen-bond donors (Lipinski definition) is 3. The van der Waals surface area contributed by atoms with Crippen LogP contribution in [-0.4, -0.2) is 35.6 Å². The standard InChI is InChI=1S/C14H24N2O3/c1-3-7-11(13(18)19)16-12(17)10-14(15-2)8-5-4-6-9-14/h3,11,15H,1,4-10H2,2H3,(H,16,17)(H,18,19). The molecule has 3 N–H and O–H groups in total. The van der Waals surface area contributed by atoms with Crippen LogP contribution in [-0.2, 0) is 9.59 Å². The summed E-state index contributed by atoms with van der Waals surface area (Å²) in [7, 11) is 1.87. The van der Waals surface area contributed by atoms with E-state index in [1.165, 1.54) is 12.5 Å². The van der Waals surface area contributed by atoms with Gasteiger partial charge in [0.05, 0.1) is 0 Å². The summed E-state index contributed by atoms with van der Waals surface area (Å²) in [5.74, 6) is -1.22. The molecule has 19 heavy (non-hydrogen) atoms. The highest BCUT2D eigenvalue weighted by Gasteiger charge is 2.33. The average Bonchev–Trinajstić information content (AvgIpc) is 2.39. The zero-order valence-electron chi connectivity index (χ0n) is 11.6. The molecule has 0 aromatic heterocycles. The second-order valence-corrected chi connectivity index (χ2v) is 5.25. The van der Waals surface area contributed by atoms with Crippen molar-refractivity contribution in [3.63, 3.8) is 0 Å². The molecule has 1 amide bonds. The molecule has 1 aliphatic rings. The molecule has 0 spiro atoms. The van der Waals surface area contributed by atoms with Crippen molar-refractivity contribution in [1.29, 1.82) is 0 Å². The van der Waals surface area contributed by atoms with Gasteiger partial charge in [-0.3, -0.25) is 4.79 Å². The smallest absolute Gasteiger partial charge is 0.326 e. The summed E-state index contributed by atoms with van der Waals surface area (Å²) >= 11 is 0. The molecule has 1 atom stereocenters. The van der Waals surface area contributed by atoms with Crippen LogP contribution < -0.4 is 10.6 Å². The predicted molar refractivity (Wildman–Crippen MR) is 73.9 cm³/mol. The highest BCUT2D eigenvalue weighted by molar-refractivity contribution is 5.84. The molecule has 0 heterocycles. The molecule has 1 aliphatic carbocycles. The molecular weight excluding hydrogens is 244 g/mol. The molecule has 0 aliphatic heterocycles. The van der Waals surface area contributed by atoms with Gasteiger partial charge in [0.25, 0.3) is 0 Å².